The van der Waals surface area contributed by atoms with Crippen LogP contribution < -0.4 is 5.32 Å². The molecule has 0 fully saturated rings. The highest BCUT2D eigenvalue weighted by atomic mass is 16.4. The van der Waals surface area contributed by atoms with Crippen LogP contribution >= 0.6 is 0 Å². The van der Waals surface area contributed by atoms with Crippen molar-refractivity contribution in [2.24, 2.45) is 7.05 Å². The van der Waals surface area contributed by atoms with Gasteiger partial charge in [0.15, 0.2) is 0 Å². The topological polar surface area (TPSA) is 54.3 Å². The predicted molar refractivity (Wildman–Crippen MR) is 67.1 cm³/mol. The molecule has 0 bridgehead atoms. The van der Waals surface area contributed by atoms with Gasteiger partial charge in [-0.05, 0) is 24.6 Å². The molecule has 17 heavy (non-hydrogen) atoms. The summed E-state index contributed by atoms with van der Waals surface area (Å²) in [5.41, 5.74) is 2.46. The summed E-state index contributed by atoms with van der Waals surface area (Å²) in [6.45, 7) is 0.699. The fraction of sp³-hybridized carbons (Fsp3) is 0.308. The SMILES string of the molecule is Cn1cc(CCNCC(=O)O)c2ccccc21. The van der Waals surface area contributed by atoms with Crippen LogP contribution in [0.5, 0.6) is 0 Å². The molecule has 0 unspecified atom stereocenters. The molecule has 0 saturated carbocycles. The zero-order valence-electron chi connectivity index (χ0n) is 9.81. The van der Waals surface area contributed by atoms with Gasteiger partial charge in [-0.3, -0.25) is 4.79 Å². The van der Waals surface area contributed by atoms with Gasteiger partial charge < -0.3 is 15.0 Å². The Morgan fingerprint density at radius 3 is 2.94 bits per heavy atom. The molecule has 0 aliphatic carbocycles. The fourth-order valence-corrected chi connectivity index (χ4v) is 2.04. The summed E-state index contributed by atoms with van der Waals surface area (Å²) < 4.78 is 2.10. The van der Waals surface area contributed by atoms with Crippen molar-refractivity contribution < 1.29 is 9.90 Å². The molecule has 0 amide bonds. The lowest BCUT2D eigenvalue weighted by molar-refractivity contribution is -0.135. The molecular weight excluding hydrogens is 216 g/mol. The fourth-order valence-electron chi connectivity index (χ4n) is 2.04. The summed E-state index contributed by atoms with van der Waals surface area (Å²) >= 11 is 0. The maximum atomic E-state index is 10.4. The third-order valence-corrected chi connectivity index (χ3v) is 2.83. The molecule has 4 nitrogen and oxygen atoms in total. The quantitative estimate of drug-likeness (QED) is 0.766. The molecule has 0 aliphatic rings. The highest BCUT2D eigenvalue weighted by Gasteiger charge is 2.05. The Bertz CT molecular complexity index is 531. The number of hydrogen-bond acceptors (Lipinski definition) is 2. The van der Waals surface area contributed by atoms with E-state index in [1.54, 1.807) is 0 Å². The van der Waals surface area contributed by atoms with E-state index in [0.29, 0.717) is 6.54 Å². The Hall–Kier alpha value is -1.81. The number of benzene rings is 1. The van der Waals surface area contributed by atoms with Crippen LogP contribution in [0.2, 0.25) is 0 Å². The normalized spacial score (nSPS) is 10.9. The number of nitrogens with zero attached hydrogens (tertiary/aromatic N) is 1. The van der Waals surface area contributed by atoms with E-state index in [1.807, 2.05) is 19.2 Å². The minimum atomic E-state index is -0.817. The van der Waals surface area contributed by atoms with Gasteiger partial charge in [-0.25, -0.2) is 0 Å². The monoisotopic (exact) mass is 232 g/mol. The molecule has 0 radical (unpaired) electrons. The first-order chi connectivity index (χ1) is 8.18. The highest BCUT2D eigenvalue weighted by Crippen LogP contribution is 2.20. The van der Waals surface area contributed by atoms with Gasteiger partial charge >= 0.3 is 5.97 Å². The van der Waals surface area contributed by atoms with Crippen molar-refractivity contribution in [2.75, 3.05) is 13.1 Å². The van der Waals surface area contributed by atoms with Gasteiger partial charge in [0.25, 0.3) is 0 Å². The molecule has 0 atom stereocenters. The number of para-hydroxylation sites is 1. The van der Waals surface area contributed by atoms with Crippen molar-refractivity contribution in [1.29, 1.82) is 0 Å². The van der Waals surface area contributed by atoms with E-state index in [0.717, 1.165) is 6.42 Å². The number of fused-ring (bicyclic) bond motifs is 1. The van der Waals surface area contributed by atoms with E-state index in [2.05, 4.69) is 28.2 Å². The smallest absolute Gasteiger partial charge is 0.317 e. The van der Waals surface area contributed by atoms with Crippen molar-refractivity contribution in [3.8, 4) is 0 Å². The van der Waals surface area contributed by atoms with Crippen LogP contribution in [0.3, 0.4) is 0 Å². The van der Waals surface area contributed by atoms with Crippen LogP contribution in [0.1, 0.15) is 5.56 Å². The van der Waals surface area contributed by atoms with E-state index >= 15 is 0 Å². The standard InChI is InChI=1S/C13H16N2O2/c1-15-9-10(6-7-14-8-13(16)17)11-4-2-3-5-12(11)15/h2-5,9,14H,6-8H2,1H3,(H,16,17). The van der Waals surface area contributed by atoms with E-state index in [4.69, 9.17) is 5.11 Å². The first-order valence-electron chi connectivity index (χ1n) is 5.64. The van der Waals surface area contributed by atoms with Crippen LogP contribution in [0.15, 0.2) is 30.5 Å². The number of nitrogens with one attached hydrogen (secondary N) is 1. The molecule has 1 aromatic heterocycles. The lowest BCUT2D eigenvalue weighted by atomic mass is 10.1. The molecule has 1 heterocycles. The molecular formula is C13H16N2O2. The maximum Gasteiger partial charge on any atom is 0.317 e. The van der Waals surface area contributed by atoms with E-state index in [9.17, 15) is 4.79 Å². The average Bonchev–Trinajstić information content (AvgIpc) is 2.63. The predicted octanol–water partition coefficient (Wildman–Crippen LogP) is 1.39. The number of carbonyl (C=O) groups is 1. The molecule has 2 rings (SSSR count). The summed E-state index contributed by atoms with van der Waals surface area (Å²) in [5.74, 6) is -0.817. The van der Waals surface area contributed by atoms with Crippen molar-refractivity contribution in [3.05, 3.63) is 36.0 Å². The van der Waals surface area contributed by atoms with E-state index in [1.165, 1.54) is 16.5 Å². The molecule has 4 heteroatoms. The number of aliphatic carboxylic acids is 1. The second-order valence-corrected chi connectivity index (χ2v) is 4.10. The van der Waals surface area contributed by atoms with Gasteiger partial charge in [0.2, 0.25) is 0 Å². The van der Waals surface area contributed by atoms with Crippen LogP contribution in [-0.4, -0.2) is 28.7 Å². The van der Waals surface area contributed by atoms with Crippen LogP contribution in [-0.2, 0) is 18.3 Å². The van der Waals surface area contributed by atoms with Gasteiger partial charge in [0.1, 0.15) is 0 Å². The number of aromatic nitrogens is 1. The van der Waals surface area contributed by atoms with Crippen molar-refractivity contribution >= 4 is 16.9 Å². The first kappa shape index (κ1) is 11.7. The molecule has 0 aliphatic heterocycles. The van der Waals surface area contributed by atoms with Gasteiger partial charge in [0.05, 0.1) is 6.54 Å². The molecule has 2 aromatic rings. The Kier molecular flexibility index (Phi) is 3.44. The number of aryl methyl sites for hydroxylation is 1. The molecule has 0 saturated heterocycles. The summed E-state index contributed by atoms with van der Waals surface area (Å²) in [6, 6.07) is 8.23. The second-order valence-electron chi connectivity index (χ2n) is 4.10. The van der Waals surface area contributed by atoms with Gasteiger partial charge in [0, 0.05) is 24.1 Å². The summed E-state index contributed by atoms with van der Waals surface area (Å²) in [6.07, 6.45) is 2.95. The number of carboxylic acids is 1. The van der Waals surface area contributed by atoms with E-state index in [-0.39, 0.29) is 6.54 Å². The zero-order chi connectivity index (χ0) is 12.3. The molecule has 0 spiro atoms. The lowest BCUT2D eigenvalue weighted by Gasteiger charge is -2.00. The third kappa shape index (κ3) is 2.65. The van der Waals surface area contributed by atoms with E-state index < -0.39 is 5.97 Å². The highest BCUT2D eigenvalue weighted by molar-refractivity contribution is 5.83. The van der Waals surface area contributed by atoms with Crippen LogP contribution in [0.4, 0.5) is 0 Å². The largest absolute Gasteiger partial charge is 0.480 e. The first-order valence-corrected chi connectivity index (χ1v) is 5.64. The second kappa shape index (κ2) is 5.01. The summed E-state index contributed by atoms with van der Waals surface area (Å²) in [4.78, 5) is 10.4. The number of rotatable bonds is 5. The third-order valence-electron chi connectivity index (χ3n) is 2.83. The van der Waals surface area contributed by atoms with Crippen molar-refractivity contribution in [1.82, 2.24) is 9.88 Å². The maximum absolute atomic E-state index is 10.4. The van der Waals surface area contributed by atoms with Crippen molar-refractivity contribution in [2.45, 2.75) is 6.42 Å². The van der Waals surface area contributed by atoms with Crippen LogP contribution in [0.25, 0.3) is 10.9 Å². The molecule has 90 valence electrons. The Morgan fingerprint density at radius 2 is 2.18 bits per heavy atom. The van der Waals surface area contributed by atoms with Gasteiger partial charge in [-0.1, -0.05) is 18.2 Å². The van der Waals surface area contributed by atoms with Crippen molar-refractivity contribution in [3.63, 3.8) is 0 Å². The Balaban J connectivity index is 2.06. The summed E-state index contributed by atoms with van der Waals surface area (Å²) in [7, 11) is 2.02. The van der Waals surface area contributed by atoms with Gasteiger partial charge in [-0.15, -0.1) is 0 Å². The van der Waals surface area contributed by atoms with Gasteiger partial charge in [-0.2, -0.15) is 0 Å². The molecule has 2 N–H and O–H groups in total. The zero-order valence-corrected chi connectivity index (χ0v) is 9.81. The number of carboxylic acid groups (broad SMARTS) is 1. The minimum Gasteiger partial charge on any atom is -0.480 e. The van der Waals surface area contributed by atoms with Crippen LogP contribution in [0, 0.1) is 0 Å². The molecule has 1 aromatic carbocycles. The number of hydrogen-bond donors (Lipinski definition) is 2. The summed E-state index contributed by atoms with van der Waals surface area (Å²) in [5, 5.41) is 12.7. The Labute approximate surface area is 99.9 Å². The average molecular weight is 232 g/mol. The minimum absolute atomic E-state index is 0.0186. The Morgan fingerprint density at radius 1 is 1.41 bits per heavy atom. The lowest BCUT2D eigenvalue weighted by Crippen LogP contribution is -2.24.